The fourth-order valence-electron chi connectivity index (χ4n) is 3.11. The minimum Gasteiger partial charge on any atom is -0.342 e. The average molecular weight is 381 g/mol. The molecule has 2 aromatic carbocycles. The van der Waals surface area contributed by atoms with Crippen LogP contribution in [0.25, 0.3) is 16.7 Å². The number of nitrogens with zero attached hydrogens (tertiary/aromatic N) is 4. The molecule has 4 aromatic rings. The van der Waals surface area contributed by atoms with E-state index >= 15 is 0 Å². The summed E-state index contributed by atoms with van der Waals surface area (Å²) in [5.74, 6) is -0.253. The van der Waals surface area contributed by atoms with Crippen LogP contribution in [0.15, 0.2) is 67.3 Å². The van der Waals surface area contributed by atoms with Crippen LogP contribution in [0.2, 0.25) is 0 Å². The zero-order valence-electron chi connectivity index (χ0n) is 15.0. The average Bonchev–Trinajstić information content (AvgIpc) is 3.36. The number of para-hydroxylation sites is 2. The van der Waals surface area contributed by atoms with Gasteiger partial charge in [-0.15, -0.1) is 0 Å². The van der Waals surface area contributed by atoms with Gasteiger partial charge in [-0.05, 0) is 43.3 Å². The molecule has 4 rings (SSSR count). The summed E-state index contributed by atoms with van der Waals surface area (Å²) in [6.45, 7) is -1.12. The van der Waals surface area contributed by atoms with Gasteiger partial charge in [-0.2, -0.15) is 8.78 Å². The van der Waals surface area contributed by atoms with Crippen LogP contribution in [0.4, 0.5) is 8.78 Å². The number of nitrogens with one attached hydrogen (secondary N) is 1. The quantitative estimate of drug-likeness (QED) is 0.566. The first kappa shape index (κ1) is 17.8. The molecule has 2 heterocycles. The normalized spacial score (nSPS) is 12.4. The summed E-state index contributed by atoms with van der Waals surface area (Å²) in [5.41, 5.74) is 2.08. The van der Waals surface area contributed by atoms with E-state index in [4.69, 9.17) is 0 Å². The van der Waals surface area contributed by atoms with Gasteiger partial charge in [-0.25, -0.2) is 9.97 Å². The number of imidazole rings is 2. The first-order valence-electron chi connectivity index (χ1n) is 8.69. The monoisotopic (exact) mass is 381 g/mol. The molecule has 1 N–H and O–H groups in total. The molecule has 0 bridgehead atoms. The molecule has 0 aliphatic rings. The molecule has 142 valence electrons. The Hall–Kier alpha value is -3.55. The second-order valence-corrected chi connectivity index (χ2v) is 6.32. The van der Waals surface area contributed by atoms with E-state index < -0.39 is 12.6 Å². The molecule has 0 radical (unpaired) electrons. The van der Waals surface area contributed by atoms with Crippen molar-refractivity contribution in [3.8, 4) is 5.69 Å². The molecular formula is C20H17F2N5O. The number of fused-ring (bicyclic) bond motifs is 1. The number of aromatic nitrogens is 4. The summed E-state index contributed by atoms with van der Waals surface area (Å²) in [4.78, 5) is 20.8. The lowest BCUT2D eigenvalue weighted by atomic mass is 10.1. The number of alkyl halides is 2. The molecule has 2 aromatic heterocycles. The van der Waals surface area contributed by atoms with Crippen molar-refractivity contribution >= 4 is 16.9 Å². The van der Waals surface area contributed by atoms with E-state index in [0.717, 1.165) is 10.3 Å². The predicted octanol–water partition coefficient (Wildman–Crippen LogP) is 4.11. The Labute approximate surface area is 159 Å². The molecule has 6 nitrogen and oxygen atoms in total. The van der Waals surface area contributed by atoms with E-state index in [2.05, 4.69) is 15.3 Å². The number of halogens is 2. The first-order valence-corrected chi connectivity index (χ1v) is 8.69. The zero-order valence-corrected chi connectivity index (χ0v) is 15.0. The van der Waals surface area contributed by atoms with Crippen molar-refractivity contribution in [3.63, 3.8) is 0 Å². The van der Waals surface area contributed by atoms with Crippen LogP contribution >= 0.6 is 0 Å². The fraction of sp³-hybridized carbons (Fsp3) is 0.150. The SMILES string of the molecule is C[C@@H](NC(=O)c1ccc(-n2ccnc2)cc1)c1nc2ccccc2n1C(F)F. The van der Waals surface area contributed by atoms with Gasteiger partial charge in [-0.1, -0.05) is 12.1 Å². The minimum atomic E-state index is -2.75. The van der Waals surface area contributed by atoms with E-state index in [0.29, 0.717) is 16.6 Å². The maximum absolute atomic E-state index is 13.6. The van der Waals surface area contributed by atoms with Crippen LogP contribution in [-0.4, -0.2) is 25.0 Å². The molecule has 0 unspecified atom stereocenters. The minimum absolute atomic E-state index is 0.111. The third-order valence-electron chi connectivity index (χ3n) is 4.49. The lowest BCUT2D eigenvalue weighted by Gasteiger charge is -2.16. The van der Waals surface area contributed by atoms with Gasteiger partial charge in [0.2, 0.25) is 0 Å². The van der Waals surface area contributed by atoms with E-state index in [9.17, 15) is 13.6 Å². The highest BCUT2D eigenvalue weighted by atomic mass is 19.3. The van der Waals surface area contributed by atoms with Crippen molar-refractivity contribution in [1.29, 1.82) is 0 Å². The van der Waals surface area contributed by atoms with Gasteiger partial charge in [0.25, 0.3) is 5.91 Å². The third-order valence-corrected chi connectivity index (χ3v) is 4.49. The molecular weight excluding hydrogens is 364 g/mol. The molecule has 1 amide bonds. The van der Waals surface area contributed by atoms with Crippen LogP contribution in [0.5, 0.6) is 0 Å². The van der Waals surface area contributed by atoms with Crippen molar-refractivity contribution in [2.75, 3.05) is 0 Å². The molecule has 0 saturated heterocycles. The number of hydrogen-bond donors (Lipinski definition) is 1. The highest BCUT2D eigenvalue weighted by Crippen LogP contribution is 2.26. The number of carbonyl (C=O) groups excluding carboxylic acids is 1. The van der Waals surface area contributed by atoms with Crippen LogP contribution in [0.1, 0.15) is 35.7 Å². The highest BCUT2D eigenvalue weighted by molar-refractivity contribution is 5.94. The third kappa shape index (κ3) is 3.24. The van der Waals surface area contributed by atoms with Crippen molar-refractivity contribution in [2.45, 2.75) is 19.5 Å². The summed E-state index contributed by atoms with van der Waals surface area (Å²) in [6.07, 6.45) is 5.12. The molecule has 0 aliphatic heterocycles. The van der Waals surface area contributed by atoms with Gasteiger partial charge in [0.15, 0.2) is 0 Å². The summed E-state index contributed by atoms with van der Waals surface area (Å²) >= 11 is 0. The van der Waals surface area contributed by atoms with Gasteiger partial charge in [0.05, 0.1) is 23.4 Å². The number of hydrogen-bond acceptors (Lipinski definition) is 3. The van der Waals surface area contributed by atoms with Gasteiger partial charge < -0.3 is 9.88 Å². The highest BCUT2D eigenvalue weighted by Gasteiger charge is 2.23. The topological polar surface area (TPSA) is 64.7 Å². The van der Waals surface area contributed by atoms with Gasteiger partial charge in [0, 0.05) is 23.6 Å². The van der Waals surface area contributed by atoms with Crippen molar-refractivity contribution in [1.82, 2.24) is 24.4 Å². The number of amides is 1. The molecule has 0 saturated carbocycles. The second kappa shape index (κ2) is 7.22. The first-order chi connectivity index (χ1) is 13.5. The Bertz CT molecular complexity index is 1100. The zero-order chi connectivity index (χ0) is 19.7. The summed E-state index contributed by atoms with van der Waals surface area (Å²) in [7, 11) is 0. The largest absolute Gasteiger partial charge is 0.342 e. The molecule has 8 heteroatoms. The molecule has 28 heavy (non-hydrogen) atoms. The molecule has 0 aliphatic carbocycles. The standard InChI is InChI=1S/C20H17F2N5O/c1-13(18-25-16-4-2-3-5-17(16)27(18)20(21)22)24-19(28)14-6-8-15(9-7-14)26-11-10-23-12-26/h2-13,20H,1H3,(H,24,28)/t13-/m1/s1. The Morgan fingerprint density at radius 3 is 2.54 bits per heavy atom. The Kier molecular flexibility index (Phi) is 4.60. The summed E-state index contributed by atoms with van der Waals surface area (Å²) < 4.78 is 29.9. The summed E-state index contributed by atoms with van der Waals surface area (Å²) in [5, 5.41) is 2.75. The van der Waals surface area contributed by atoms with Crippen LogP contribution in [0, 0.1) is 0 Å². The van der Waals surface area contributed by atoms with Crippen molar-refractivity contribution < 1.29 is 13.6 Å². The number of carbonyl (C=O) groups is 1. The lowest BCUT2D eigenvalue weighted by Crippen LogP contribution is -2.28. The van der Waals surface area contributed by atoms with E-state index in [-0.39, 0.29) is 11.7 Å². The maximum Gasteiger partial charge on any atom is 0.320 e. The van der Waals surface area contributed by atoms with Crippen LogP contribution < -0.4 is 5.32 Å². The Morgan fingerprint density at radius 1 is 1.11 bits per heavy atom. The van der Waals surface area contributed by atoms with E-state index in [1.54, 1.807) is 74.2 Å². The molecule has 0 fully saturated rings. The Morgan fingerprint density at radius 2 is 1.86 bits per heavy atom. The lowest BCUT2D eigenvalue weighted by molar-refractivity contribution is 0.0688. The van der Waals surface area contributed by atoms with Crippen LogP contribution in [-0.2, 0) is 0 Å². The van der Waals surface area contributed by atoms with Gasteiger partial charge in [0.1, 0.15) is 5.82 Å². The second-order valence-electron chi connectivity index (χ2n) is 6.32. The van der Waals surface area contributed by atoms with Crippen molar-refractivity contribution in [2.24, 2.45) is 0 Å². The number of rotatable bonds is 5. The fourth-order valence-corrected chi connectivity index (χ4v) is 3.11. The summed E-state index contributed by atoms with van der Waals surface area (Å²) in [6, 6.07) is 12.9. The predicted molar refractivity (Wildman–Crippen MR) is 100 cm³/mol. The van der Waals surface area contributed by atoms with Gasteiger partial charge >= 0.3 is 6.55 Å². The molecule has 1 atom stereocenters. The van der Waals surface area contributed by atoms with Crippen molar-refractivity contribution in [3.05, 3.63) is 78.6 Å². The molecule has 0 spiro atoms. The van der Waals surface area contributed by atoms with Gasteiger partial charge in [-0.3, -0.25) is 9.36 Å². The van der Waals surface area contributed by atoms with Crippen LogP contribution in [0.3, 0.4) is 0 Å². The Balaban J connectivity index is 1.56. The smallest absolute Gasteiger partial charge is 0.320 e. The van der Waals surface area contributed by atoms with E-state index in [1.165, 1.54) is 0 Å². The van der Waals surface area contributed by atoms with E-state index in [1.807, 2.05) is 4.57 Å². The maximum atomic E-state index is 13.6. The number of benzene rings is 2.